The number of hydrogen-bond donors (Lipinski definition) is 1. The summed E-state index contributed by atoms with van der Waals surface area (Å²) < 4.78 is 36.2. The fourth-order valence-electron chi connectivity index (χ4n) is 3.41. The Hall–Kier alpha value is -3.09. The zero-order valence-electron chi connectivity index (χ0n) is 17.1. The standard InChI is InChI=1S/C22H18ClF2N4O2P/c1-12-4-3-5-15(10-12)29-20(22(24,25)32)16(11-27-29)19-17(21(30)26-2)18(28-31-19)13-6-8-14(23)9-7-13/h3-11H,32H2,1-2H3,(H,26,30). The van der Waals surface area contributed by atoms with Crippen molar-refractivity contribution in [3.05, 3.63) is 76.6 Å². The SMILES string of the molecule is CNC(=O)c1c(-c2ccc(Cl)cc2)noc1-c1cnn(-c2cccc(C)c2)c1C(F)(F)P. The number of aryl methyl sites for hydroxylation is 1. The average molecular weight is 475 g/mol. The molecule has 164 valence electrons. The first-order valence-corrected chi connectivity index (χ1v) is 10.5. The molecule has 0 saturated carbocycles. The topological polar surface area (TPSA) is 73.0 Å². The van der Waals surface area contributed by atoms with E-state index in [4.69, 9.17) is 16.1 Å². The molecular weight excluding hydrogens is 457 g/mol. The maximum atomic E-state index is 14.8. The Morgan fingerprint density at radius 1 is 1.22 bits per heavy atom. The van der Waals surface area contributed by atoms with Crippen LogP contribution in [0.2, 0.25) is 5.02 Å². The number of nitrogens with one attached hydrogen (secondary N) is 1. The normalized spacial score (nSPS) is 11.6. The minimum absolute atomic E-state index is 0.0223. The van der Waals surface area contributed by atoms with Crippen LogP contribution in [0.5, 0.6) is 0 Å². The van der Waals surface area contributed by atoms with Gasteiger partial charge in [-0.05, 0) is 36.8 Å². The molecule has 0 aliphatic carbocycles. The molecule has 0 aliphatic rings. The van der Waals surface area contributed by atoms with Gasteiger partial charge in [0.25, 0.3) is 5.91 Å². The molecule has 2 aromatic carbocycles. The molecule has 0 aliphatic heterocycles. The second kappa shape index (κ2) is 8.45. The minimum Gasteiger partial charge on any atom is -0.355 e. The highest BCUT2D eigenvalue weighted by Crippen LogP contribution is 2.44. The van der Waals surface area contributed by atoms with Crippen LogP contribution in [0.1, 0.15) is 21.6 Å². The molecule has 0 bridgehead atoms. The zero-order valence-corrected chi connectivity index (χ0v) is 19.0. The smallest absolute Gasteiger partial charge is 0.301 e. The van der Waals surface area contributed by atoms with Crippen LogP contribution in [0.15, 0.2) is 59.3 Å². The molecule has 2 heterocycles. The number of carbonyl (C=O) groups excluding carboxylic acids is 1. The quantitative estimate of drug-likeness (QED) is 0.391. The van der Waals surface area contributed by atoms with E-state index in [1.807, 2.05) is 13.0 Å². The summed E-state index contributed by atoms with van der Waals surface area (Å²) in [5.41, 5.74) is -1.75. The fraction of sp³-hybridized carbons (Fsp3) is 0.136. The van der Waals surface area contributed by atoms with Crippen molar-refractivity contribution in [2.45, 2.75) is 12.6 Å². The van der Waals surface area contributed by atoms with Crippen molar-refractivity contribution in [2.75, 3.05) is 7.05 Å². The van der Waals surface area contributed by atoms with Crippen molar-refractivity contribution in [3.63, 3.8) is 0 Å². The Morgan fingerprint density at radius 3 is 2.56 bits per heavy atom. The lowest BCUT2D eigenvalue weighted by atomic mass is 10.0. The van der Waals surface area contributed by atoms with Crippen LogP contribution in [0.4, 0.5) is 8.78 Å². The number of alkyl halides is 2. The molecule has 0 spiro atoms. The average Bonchev–Trinajstić information content (AvgIpc) is 3.38. The molecule has 6 nitrogen and oxygen atoms in total. The fourth-order valence-corrected chi connectivity index (χ4v) is 3.81. The van der Waals surface area contributed by atoms with Gasteiger partial charge in [0.1, 0.15) is 17.0 Å². The van der Waals surface area contributed by atoms with Gasteiger partial charge in [-0.2, -0.15) is 13.9 Å². The Balaban J connectivity index is 1.96. The highest BCUT2D eigenvalue weighted by molar-refractivity contribution is 7.17. The van der Waals surface area contributed by atoms with Gasteiger partial charge in [0, 0.05) is 17.6 Å². The second-order valence-electron chi connectivity index (χ2n) is 7.10. The highest BCUT2D eigenvalue weighted by atomic mass is 35.5. The van der Waals surface area contributed by atoms with Gasteiger partial charge in [-0.25, -0.2) is 4.68 Å². The molecule has 2 aromatic heterocycles. The van der Waals surface area contributed by atoms with Crippen molar-refractivity contribution in [2.24, 2.45) is 0 Å². The summed E-state index contributed by atoms with van der Waals surface area (Å²) in [5.74, 6) is -0.641. The Bertz CT molecular complexity index is 1300. The monoisotopic (exact) mass is 474 g/mol. The number of halogens is 3. The summed E-state index contributed by atoms with van der Waals surface area (Å²) in [5, 5.41) is 11.2. The van der Waals surface area contributed by atoms with E-state index in [0.717, 1.165) is 10.2 Å². The summed E-state index contributed by atoms with van der Waals surface area (Å²) in [6, 6.07) is 13.6. The lowest BCUT2D eigenvalue weighted by Crippen LogP contribution is -2.19. The van der Waals surface area contributed by atoms with E-state index >= 15 is 0 Å². The first kappa shape index (κ1) is 22.1. The van der Waals surface area contributed by atoms with Gasteiger partial charge in [0.2, 0.25) is 0 Å². The van der Waals surface area contributed by atoms with E-state index in [-0.39, 0.29) is 22.6 Å². The van der Waals surface area contributed by atoms with Gasteiger partial charge in [-0.15, -0.1) is 0 Å². The maximum absolute atomic E-state index is 14.8. The number of rotatable bonds is 5. The molecular formula is C22H18ClF2N4O2P. The number of carbonyl (C=O) groups is 1. The van der Waals surface area contributed by atoms with Crippen LogP contribution in [-0.2, 0) is 5.66 Å². The van der Waals surface area contributed by atoms with Crippen molar-refractivity contribution < 1.29 is 18.1 Å². The van der Waals surface area contributed by atoms with Crippen molar-refractivity contribution >= 4 is 26.7 Å². The number of benzene rings is 2. The Morgan fingerprint density at radius 2 is 1.94 bits per heavy atom. The summed E-state index contributed by atoms with van der Waals surface area (Å²) >= 11 is 5.95. The van der Waals surface area contributed by atoms with Crippen LogP contribution < -0.4 is 5.32 Å². The molecule has 1 amide bonds. The Kier molecular flexibility index (Phi) is 5.84. The number of hydrogen-bond acceptors (Lipinski definition) is 4. The molecule has 32 heavy (non-hydrogen) atoms. The summed E-state index contributed by atoms with van der Waals surface area (Å²) in [6.07, 6.45) is 1.24. The van der Waals surface area contributed by atoms with Crippen LogP contribution in [0.3, 0.4) is 0 Å². The third kappa shape index (κ3) is 4.04. The minimum atomic E-state index is -3.37. The highest BCUT2D eigenvalue weighted by Gasteiger charge is 2.37. The predicted molar refractivity (Wildman–Crippen MR) is 121 cm³/mol. The van der Waals surface area contributed by atoms with Crippen LogP contribution in [0, 0.1) is 6.92 Å². The predicted octanol–water partition coefficient (Wildman–Crippen LogP) is 5.44. The van der Waals surface area contributed by atoms with Gasteiger partial charge in [0.05, 0.1) is 17.4 Å². The van der Waals surface area contributed by atoms with E-state index in [1.54, 1.807) is 42.5 Å². The zero-order chi connectivity index (χ0) is 23.0. The van der Waals surface area contributed by atoms with Crippen LogP contribution >= 0.6 is 20.8 Å². The molecule has 0 saturated heterocycles. The molecule has 1 N–H and O–H groups in total. The van der Waals surface area contributed by atoms with E-state index in [9.17, 15) is 13.6 Å². The van der Waals surface area contributed by atoms with Gasteiger partial charge in [0.15, 0.2) is 5.76 Å². The number of amides is 1. The third-order valence-corrected chi connectivity index (χ3v) is 5.37. The second-order valence-corrected chi connectivity index (χ2v) is 8.26. The molecule has 4 aromatic rings. The van der Waals surface area contributed by atoms with Gasteiger partial charge in [-0.3, -0.25) is 4.79 Å². The maximum Gasteiger partial charge on any atom is 0.301 e. The Labute approximate surface area is 189 Å². The molecule has 0 fully saturated rings. The van der Waals surface area contributed by atoms with E-state index < -0.39 is 17.3 Å². The molecule has 4 rings (SSSR count). The number of aromatic nitrogens is 3. The van der Waals surface area contributed by atoms with Gasteiger partial charge < -0.3 is 9.84 Å². The van der Waals surface area contributed by atoms with Crippen molar-refractivity contribution in [3.8, 4) is 28.3 Å². The molecule has 10 heteroatoms. The lowest BCUT2D eigenvalue weighted by Gasteiger charge is -2.15. The summed E-state index contributed by atoms with van der Waals surface area (Å²) in [4.78, 5) is 12.8. The van der Waals surface area contributed by atoms with Crippen LogP contribution in [-0.4, -0.2) is 27.9 Å². The van der Waals surface area contributed by atoms with Crippen LogP contribution in [0.25, 0.3) is 28.3 Å². The molecule has 0 radical (unpaired) electrons. The number of nitrogens with zero attached hydrogens (tertiary/aromatic N) is 3. The van der Waals surface area contributed by atoms with E-state index in [2.05, 4.69) is 15.6 Å². The molecule has 1 atom stereocenters. The van der Waals surface area contributed by atoms with Gasteiger partial charge in [-0.1, -0.05) is 50.3 Å². The van der Waals surface area contributed by atoms with Gasteiger partial charge >= 0.3 is 5.66 Å². The summed E-state index contributed by atoms with van der Waals surface area (Å²) in [6.45, 7) is 1.85. The van der Waals surface area contributed by atoms with Crippen molar-refractivity contribution in [1.82, 2.24) is 20.3 Å². The molecule has 1 unspecified atom stereocenters. The van der Waals surface area contributed by atoms with E-state index in [1.165, 1.54) is 22.5 Å². The third-order valence-electron chi connectivity index (χ3n) is 4.84. The first-order chi connectivity index (χ1) is 15.2. The van der Waals surface area contributed by atoms with Crippen molar-refractivity contribution in [1.29, 1.82) is 0 Å². The lowest BCUT2D eigenvalue weighted by molar-refractivity contribution is 0.0948. The first-order valence-electron chi connectivity index (χ1n) is 9.51. The van der Waals surface area contributed by atoms with E-state index in [0.29, 0.717) is 16.3 Å². The summed E-state index contributed by atoms with van der Waals surface area (Å²) in [7, 11) is 2.95. The largest absolute Gasteiger partial charge is 0.355 e.